The van der Waals surface area contributed by atoms with Crippen molar-refractivity contribution in [2.24, 2.45) is 0 Å². The van der Waals surface area contributed by atoms with Crippen LogP contribution in [0.5, 0.6) is 0 Å². The molecular formula is C14H23N3O2S. The average molecular weight is 297 g/mol. The molecule has 0 spiro atoms. The molecule has 20 heavy (non-hydrogen) atoms. The predicted octanol–water partition coefficient (Wildman–Crippen LogP) is 1.95. The van der Waals surface area contributed by atoms with Crippen LogP contribution in [0.25, 0.3) is 0 Å². The zero-order valence-electron chi connectivity index (χ0n) is 12.1. The molecule has 0 bridgehead atoms. The average Bonchev–Trinajstić information content (AvgIpc) is 2.40. The molecule has 0 aliphatic carbocycles. The molecule has 112 valence electrons. The second-order valence-corrected chi connectivity index (χ2v) is 7.03. The lowest BCUT2D eigenvalue weighted by atomic mass is 10.0. The van der Waals surface area contributed by atoms with Crippen LogP contribution >= 0.6 is 0 Å². The third kappa shape index (κ3) is 3.07. The standard InChI is InChI=1S/C14H23N3O2S/c1-3-16-20(18,19)12-7-8-13(15)14(10-12)17-9-5-4-6-11(17)2/h7-8,10-11,16H,3-6,9,15H2,1-2H3. The van der Waals surface area contributed by atoms with Crippen molar-refractivity contribution in [1.82, 2.24) is 4.72 Å². The molecule has 1 heterocycles. The van der Waals surface area contributed by atoms with Crippen molar-refractivity contribution in [2.45, 2.75) is 44.0 Å². The first kappa shape index (κ1) is 15.1. The van der Waals surface area contributed by atoms with Gasteiger partial charge in [0.15, 0.2) is 0 Å². The van der Waals surface area contributed by atoms with Crippen molar-refractivity contribution in [2.75, 3.05) is 23.7 Å². The van der Waals surface area contributed by atoms with Gasteiger partial charge in [0, 0.05) is 19.1 Å². The summed E-state index contributed by atoms with van der Waals surface area (Å²) >= 11 is 0. The van der Waals surface area contributed by atoms with Crippen molar-refractivity contribution in [1.29, 1.82) is 0 Å². The summed E-state index contributed by atoms with van der Waals surface area (Å²) in [6.45, 7) is 5.23. The molecule has 6 heteroatoms. The normalized spacial score (nSPS) is 20.1. The molecule has 1 unspecified atom stereocenters. The van der Waals surface area contributed by atoms with Crippen LogP contribution in [0.15, 0.2) is 23.1 Å². The molecule has 2 rings (SSSR count). The van der Waals surface area contributed by atoms with E-state index in [2.05, 4.69) is 16.5 Å². The molecule has 1 aromatic carbocycles. The Morgan fingerprint density at radius 2 is 2.15 bits per heavy atom. The smallest absolute Gasteiger partial charge is 0.240 e. The fourth-order valence-corrected chi connectivity index (χ4v) is 3.73. The van der Waals surface area contributed by atoms with Crippen LogP contribution < -0.4 is 15.4 Å². The summed E-state index contributed by atoms with van der Waals surface area (Å²) in [6, 6.07) is 5.32. The Hall–Kier alpha value is -1.27. The quantitative estimate of drug-likeness (QED) is 0.833. The summed E-state index contributed by atoms with van der Waals surface area (Å²) in [4.78, 5) is 2.49. The molecule has 1 aliphatic heterocycles. The van der Waals surface area contributed by atoms with Crippen molar-refractivity contribution in [3.63, 3.8) is 0 Å². The maximum Gasteiger partial charge on any atom is 0.240 e. The minimum absolute atomic E-state index is 0.279. The van der Waals surface area contributed by atoms with E-state index in [4.69, 9.17) is 5.73 Å². The van der Waals surface area contributed by atoms with Gasteiger partial charge in [-0.1, -0.05) is 6.92 Å². The van der Waals surface area contributed by atoms with Gasteiger partial charge in [-0.05, 0) is 44.4 Å². The molecule has 1 aromatic rings. The van der Waals surface area contributed by atoms with Gasteiger partial charge in [-0.25, -0.2) is 13.1 Å². The minimum atomic E-state index is -3.44. The maximum atomic E-state index is 12.1. The molecule has 5 nitrogen and oxygen atoms in total. The number of nitrogens with one attached hydrogen (secondary N) is 1. The lowest BCUT2D eigenvalue weighted by Gasteiger charge is -2.36. The number of nitrogens with zero attached hydrogens (tertiary/aromatic N) is 1. The molecule has 0 radical (unpaired) electrons. The molecular weight excluding hydrogens is 274 g/mol. The highest BCUT2D eigenvalue weighted by atomic mass is 32.2. The Bertz CT molecular complexity index is 572. The second-order valence-electron chi connectivity index (χ2n) is 5.26. The van der Waals surface area contributed by atoms with Crippen LogP contribution in [0, 0.1) is 0 Å². The van der Waals surface area contributed by atoms with Gasteiger partial charge in [-0.2, -0.15) is 0 Å². The summed E-state index contributed by atoms with van der Waals surface area (Å²) < 4.78 is 26.7. The summed E-state index contributed by atoms with van der Waals surface area (Å²) in [5.41, 5.74) is 7.51. The van der Waals surface area contributed by atoms with Crippen LogP contribution in [0.3, 0.4) is 0 Å². The van der Waals surface area contributed by atoms with Crippen molar-refractivity contribution >= 4 is 21.4 Å². The van der Waals surface area contributed by atoms with Gasteiger partial charge in [-0.15, -0.1) is 0 Å². The Morgan fingerprint density at radius 3 is 2.80 bits per heavy atom. The predicted molar refractivity (Wildman–Crippen MR) is 82.4 cm³/mol. The van der Waals surface area contributed by atoms with Crippen LogP contribution in [0.4, 0.5) is 11.4 Å². The Morgan fingerprint density at radius 1 is 1.40 bits per heavy atom. The second kappa shape index (κ2) is 6.01. The molecule has 1 atom stereocenters. The van der Waals surface area contributed by atoms with Crippen LogP contribution in [0.2, 0.25) is 0 Å². The van der Waals surface area contributed by atoms with Gasteiger partial charge >= 0.3 is 0 Å². The number of rotatable bonds is 4. The highest BCUT2D eigenvalue weighted by molar-refractivity contribution is 7.89. The molecule has 3 N–H and O–H groups in total. The van der Waals surface area contributed by atoms with Crippen LogP contribution in [0.1, 0.15) is 33.1 Å². The first-order valence-electron chi connectivity index (χ1n) is 7.11. The van der Waals surface area contributed by atoms with E-state index < -0.39 is 10.0 Å². The number of anilines is 2. The first-order valence-corrected chi connectivity index (χ1v) is 8.60. The molecule has 0 aromatic heterocycles. The summed E-state index contributed by atoms with van der Waals surface area (Å²) in [5, 5.41) is 0. The minimum Gasteiger partial charge on any atom is -0.397 e. The van der Waals surface area contributed by atoms with Crippen LogP contribution in [-0.2, 0) is 10.0 Å². The Kier molecular flexibility index (Phi) is 4.55. The first-order chi connectivity index (χ1) is 9.45. The molecule has 1 fully saturated rings. The van der Waals surface area contributed by atoms with Crippen LogP contribution in [-0.4, -0.2) is 27.5 Å². The summed E-state index contributed by atoms with van der Waals surface area (Å²) in [7, 11) is -3.44. The van der Waals surface area contributed by atoms with E-state index in [0.717, 1.165) is 25.1 Å². The number of sulfonamides is 1. The Balaban J connectivity index is 2.38. The third-order valence-electron chi connectivity index (χ3n) is 3.76. The van der Waals surface area contributed by atoms with Gasteiger partial charge in [-0.3, -0.25) is 0 Å². The molecule has 0 amide bonds. The topological polar surface area (TPSA) is 75.4 Å². The van der Waals surface area contributed by atoms with Gasteiger partial charge < -0.3 is 10.6 Å². The van der Waals surface area contributed by atoms with E-state index in [0.29, 0.717) is 18.3 Å². The zero-order chi connectivity index (χ0) is 14.8. The van der Waals surface area contributed by atoms with Gasteiger partial charge in [0.05, 0.1) is 16.3 Å². The number of nitrogens with two attached hydrogens (primary N) is 1. The summed E-state index contributed by atoms with van der Waals surface area (Å²) in [6.07, 6.45) is 3.45. The van der Waals surface area contributed by atoms with Crippen molar-refractivity contribution in [3.05, 3.63) is 18.2 Å². The lowest BCUT2D eigenvalue weighted by Crippen LogP contribution is -2.38. The van der Waals surface area contributed by atoms with E-state index in [1.165, 1.54) is 6.42 Å². The van der Waals surface area contributed by atoms with E-state index in [9.17, 15) is 8.42 Å². The Labute approximate surface area is 121 Å². The van der Waals surface area contributed by atoms with E-state index >= 15 is 0 Å². The monoisotopic (exact) mass is 297 g/mol. The lowest BCUT2D eigenvalue weighted by molar-refractivity contribution is 0.485. The largest absolute Gasteiger partial charge is 0.397 e. The third-order valence-corrected chi connectivity index (χ3v) is 5.30. The van der Waals surface area contributed by atoms with E-state index in [-0.39, 0.29) is 4.90 Å². The zero-order valence-corrected chi connectivity index (χ0v) is 12.9. The number of benzene rings is 1. The molecule has 1 aliphatic rings. The molecule has 0 saturated carbocycles. The fraction of sp³-hybridized carbons (Fsp3) is 0.571. The number of nitrogen functional groups attached to an aromatic ring is 1. The van der Waals surface area contributed by atoms with Gasteiger partial charge in [0.2, 0.25) is 10.0 Å². The maximum absolute atomic E-state index is 12.1. The molecule has 1 saturated heterocycles. The van der Waals surface area contributed by atoms with E-state index in [1.54, 1.807) is 25.1 Å². The SMILES string of the molecule is CCNS(=O)(=O)c1ccc(N)c(N2CCCCC2C)c1. The van der Waals surface area contributed by atoms with E-state index in [1.807, 2.05) is 0 Å². The number of hydrogen-bond donors (Lipinski definition) is 2. The number of piperidine rings is 1. The highest BCUT2D eigenvalue weighted by Gasteiger charge is 2.22. The van der Waals surface area contributed by atoms with Crippen molar-refractivity contribution in [3.8, 4) is 0 Å². The number of hydrogen-bond acceptors (Lipinski definition) is 4. The highest BCUT2D eigenvalue weighted by Crippen LogP contribution is 2.31. The van der Waals surface area contributed by atoms with Gasteiger partial charge in [0.1, 0.15) is 0 Å². The van der Waals surface area contributed by atoms with Gasteiger partial charge in [0.25, 0.3) is 0 Å². The summed E-state index contributed by atoms with van der Waals surface area (Å²) in [5.74, 6) is 0. The fourth-order valence-electron chi connectivity index (χ4n) is 2.67. The van der Waals surface area contributed by atoms with Crippen molar-refractivity contribution < 1.29 is 8.42 Å².